The molecule has 1 aliphatic rings. The summed E-state index contributed by atoms with van der Waals surface area (Å²) in [4.78, 5) is 24.2. The molecule has 24 heavy (non-hydrogen) atoms. The molecule has 0 bridgehead atoms. The van der Waals surface area contributed by atoms with Crippen molar-refractivity contribution in [1.29, 1.82) is 0 Å². The number of ketones is 1. The van der Waals surface area contributed by atoms with E-state index in [1.54, 1.807) is 30.3 Å². The average molecular weight is 366 g/mol. The molecule has 1 amide bonds. The van der Waals surface area contributed by atoms with Crippen LogP contribution < -0.4 is 14.8 Å². The van der Waals surface area contributed by atoms with Crippen LogP contribution in [0.4, 0.5) is 5.69 Å². The van der Waals surface area contributed by atoms with E-state index >= 15 is 0 Å². The van der Waals surface area contributed by atoms with Gasteiger partial charge in [-0.1, -0.05) is 29.3 Å². The van der Waals surface area contributed by atoms with E-state index in [0.29, 0.717) is 38.4 Å². The van der Waals surface area contributed by atoms with Gasteiger partial charge in [-0.3, -0.25) is 9.59 Å². The summed E-state index contributed by atoms with van der Waals surface area (Å²) in [5, 5.41) is 3.54. The minimum absolute atomic E-state index is 0.00963. The van der Waals surface area contributed by atoms with Crippen LogP contribution in [0.15, 0.2) is 30.3 Å². The van der Waals surface area contributed by atoms with Gasteiger partial charge in [-0.05, 0) is 30.7 Å². The van der Waals surface area contributed by atoms with E-state index in [2.05, 4.69) is 5.32 Å². The van der Waals surface area contributed by atoms with E-state index in [4.69, 9.17) is 32.7 Å². The molecule has 1 N–H and O–H groups in total. The van der Waals surface area contributed by atoms with E-state index in [1.165, 1.54) is 6.92 Å². The van der Waals surface area contributed by atoms with Crippen LogP contribution in [0.3, 0.4) is 0 Å². The van der Waals surface area contributed by atoms with Crippen molar-refractivity contribution in [2.75, 3.05) is 12.1 Å². The van der Waals surface area contributed by atoms with Gasteiger partial charge in [0.05, 0.1) is 12.1 Å². The minimum atomic E-state index is -0.341. The normalized spacial score (nSPS) is 12.1. The fourth-order valence-corrected chi connectivity index (χ4v) is 2.92. The molecule has 0 unspecified atom stereocenters. The fourth-order valence-electron chi connectivity index (χ4n) is 2.39. The van der Waals surface area contributed by atoms with Crippen LogP contribution >= 0.6 is 23.2 Å². The number of nitrogens with one attached hydrogen (secondary N) is 1. The number of hydrogen-bond donors (Lipinski definition) is 1. The molecule has 2 aromatic carbocycles. The number of hydrogen-bond acceptors (Lipinski definition) is 4. The number of fused-ring (bicyclic) bond motifs is 1. The van der Waals surface area contributed by atoms with Crippen LogP contribution in [0.5, 0.6) is 11.5 Å². The minimum Gasteiger partial charge on any atom is -0.454 e. The Kier molecular flexibility index (Phi) is 4.64. The van der Waals surface area contributed by atoms with E-state index in [-0.39, 0.29) is 24.9 Å². The lowest BCUT2D eigenvalue weighted by Crippen LogP contribution is -2.17. The lowest BCUT2D eigenvalue weighted by atomic mass is 10.1. The van der Waals surface area contributed by atoms with Gasteiger partial charge in [-0.2, -0.15) is 0 Å². The smallest absolute Gasteiger partial charge is 0.231 e. The summed E-state index contributed by atoms with van der Waals surface area (Å²) in [5.74, 6) is 0.421. The van der Waals surface area contributed by atoms with Crippen LogP contribution in [-0.4, -0.2) is 18.5 Å². The zero-order valence-corrected chi connectivity index (χ0v) is 14.2. The Morgan fingerprint density at radius 1 is 1.12 bits per heavy atom. The van der Waals surface area contributed by atoms with Crippen molar-refractivity contribution in [2.24, 2.45) is 0 Å². The SMILES string of the molecule is CC(=O)c1cc2c(cc1NC(=O)Cc1c(Cl)cccc1Cl)OCO2. The highest BCUT2D eigenvalue weighted by Gasteiger charge is 2.21. The molecule has 1 aliphatic heterocycles. The highest BCUT2D eigenvalue weighted by molar-refractivity contribution is 6.36. The Morgan fingerprint density at radius 2 is 1.75 bits per heavy atom. The first-order chi connectivity index (χ1) is 11.5. The maximum atomic E-state index is 12.3. The number of rotatable bonds is 4. The second-order valence-electron chi connectivity index (χ2n) is 5.23. The van der Waals surface area contributed by atoms with Gasteiger partial charge in [0.2, 0.25) is 12.7 Å². The Morgan fingerprint density at radius 3 is 2.38 bits per heavy atom. The van der Waals surface area contributed by atoms with Crippen molar-refractivity contribution >= 4 is 40.6 Å². The molecule has 2 aromatic rings. The molecule has 1 heterocycles. The van der Waals surface area contributed by atoms with Crippen LogP contribution in [0.1, 0.15) is 22.8 Å². The molecule has 0 atom stereocenters. The number of amides is 1. The predicted octanol–water partition coefficient (Wildman–Crippen LogP) is 4.11. The first-order valence-electron chi connectivity index (χ1n) is 7.13. The van der Waals surface area contributed by atoms with Crippen LogP contribution in [0.2, 0.25) is 10.0 Å². The van der Waals surface area contributed by atoms with Gasteiger partial charge in [-0.25, -0.2) is 0 Å². The highest BCUT2D eigenvalue weighted by Crippen LogP contribution is 2.37. The summed E-state index contributed by atoms with van der Waals surface area (Å²) in [5.41, 5.74) is 1.24. The lowest BCUT2D eigenvalue weighted by molar-refractivity contribution is -0.115. The topological polar surface area (TPSA) is 64.6 Å². The molecule has 0 fully saturated rings. The second-order valence-corrected chi connectivity index (χ2v) is 6.05. The number of halogens is 2. The molecule has 5 nitrogen and oxygen atoms in total. The summed E-state index contributed by atoms with van der Waals surface area (Å²) < 4.78 is 10.5. The molecular formula is C17H13Cl2NO4. The maximum absolute atomic E-state index is 12.3. The number of benzene rings is 2. The summed E-state index contributed by atoms with van der Waals surface area (Å²) >= 11 is 12.2. The molecule has 0 saturated carbocycles. The average Bonchev–Trinajstić information content (AvgIpc) is 2.97. The molecule has 0 spiro atoms. The van der Waals surface area contributed by atoms with E-state index in [1.807, 2.05) is 0 Å². The van der Waals surface area contributed by atoms with Crippen LogP contribution in [0.25, 0.3) is 0 Å². The monoisotopic (exact) mass is 365 g/mol. The third-order valence-corrected chi connectivity index (χ3v) is 4.27. The third-order valence-electron chi connectivity index (χ3n) is 3.57. The van der Waals surface area contributed by atoms with Gasteiger partial charge >= 0.3 is 0 Å². The predicted molar refractivity (Wildman–Crippen MR) is 91.4 cm³/mol. The first kappa shape index (κ1) is 16.6. The van der Waals surface area contributed by atoms with Crippen LogP contribution in [0, 0.1) is 0 Å². The number of ether oxygens (including phenoxy) is 2. The lowest BCUT2D eigenvalue weighted by Gasteiger charge is -2.12. The molecule has 124 valence electrons. The number of anilines is 1. The molecule has 0 radical (unpaired) electrons. The Bertz CT molecular complexity index is 815. The molecule has 0 saturated heterocycles. The largest absolute Gasteiger partial charge is 0.454 e. The van der Waals surface area contributed by atoms with Crippen molar-refractivity contribution in [3.8, 4) is 11.5 Å². The van der Waals surface area contributed by atoms with Gasteiger partial charge in [0.15, 0.2) is 17.3 Å². The van der Waals surface area contributed by atoms with Gasteiger partial charge in [0.1, 0.15) is 0 Å². The van der Waals surface area contributed by atoms with E-state index in [0.717, 1.165) is 0 Å². The van der Waals surface area contributed by atoms with Gasteiger partial charge in [-0.15, -0.1) is 0 Å². The van der Waals surface area contributed by atoms with Crippen molar-refractivity contribution in [2.45, 2.75) is 13.3 Å². The second kappa shape index (κ2) is 6.71. The van der Waals surface area contributed by atoms with Crippen molar-refractivity contribution in [3.05, 3.63) is 51.5 Å². The van der Waals surface area contributed by atoms with Gasteiger partial charge in [0.25, 0.3) is 0 Å². The standard InChI is InChI=1S/C17H13Cl2NO4/c1-9(21)10-5-15-16(24-8-23-15)7-14(10)20-17(22)6-11-12(18)3-2-4-13(11)19/h2-5,7H,6,8H2,1H3,(H,20,22). The summed E-state index contributed by atoms with van der Waals surface area (Å²) in [6, 6.07) is 8.17. The Balaban J connectivity index is 1.85. The Hall–Kier alpha value is -2.24. The summed E-state index contributed by atoms with van der Waals surface area (Å²) in [6.07, 6.45) is -0.00963. The van der Waals surface area contributed by atoms with Crippen LogP contribution in [-0.2, 0) is 11.2 Å². The van der Waals surface area contributed by atoms with E-state index in [9.17, 15) is 9.59 Å². The quantitative estimate of drug-likeness (QED) is 0.828. The molecule has 0 aromatic heterocycles. The number of carbonyl (C=O) groups is 2. The number of Topliss-reactive ketones (excluding diaryl/α,β-unsaturated/α-hetero) is 1. The van der Waals surface area contributed by atoms with Crippen molar-refractivity contribution in [1.82, 2.24) is 0 Å². The maximum Gasteiger partial charge on any atom is 0.231 e. The third kappa shape index (κ3) is 3.32. The summed E-state index contributed by atoms with van der Waals surface area (Å²) in [7, 11) is 0. The number of carbonyl (C=O) groups excluding carboxylic acids is 2. The Labute approximate surface area is 148 Å². The van der Waals surface area contributed by atoms with Crippen molar-refractivity contribution in [3.63, 3.8) is 0 Å². The first-order valence-corrected chi connectivity index (χ1v) is 7.88. The molecular weight excluding hydrogens is 353 g/mol. The molecule has 7 heteroatoms. The van der Waals surface area contributed by atoms with E-state index < -0.39 is 0 Å². The molecule has 3 rings (SSSR count). The van der Waals surface area contributed by atoms with Crippen molar-refractivity contribution < 1.29 is 19.1 Å². The fraction of sp³-hybridized carbons (Fsp3) is 0.176. The van der Waals surface area contributed by atoms with Gasteiger partial charge in [0, 0.05) is 21.7 Å². The summed E-state index contributed by atoms with van der Waals surface area (Å²) in [6.45, 7) is 1.50. The molecule has 0 aliphatic carbocycles. The zero-order chi connectivity index (χ0) is 17.3. The highest BCUT2D eigenvalue weighted by atomic mass is 35.5. The van der Waals surface area contributed by atoms with Gasteiger partial charge < -0.3 is 14.8 Å². The zero-order valence-electron chi connectivity index (χ0n) is 12.7.